The molecule has 3 rings (SSSR count). The lowest BCUT2D eigenvalue weighted by Crippen LogP contribution is -1.98. The summed E-state index contributed by atoms with van der Waals surface area (Å²) in [7, 11) is 0. The minimum atomic E-state index is 0.339. The van der Waals surface area contributed by atoms with E-state index in [1.807, 2.05) is 6.20 Å². The van der Waals surface area contributed by atoms with Crippen LogP contribution in [0, 0.1) is 0 Å². The third-order valence-electron chi connectivity index (χ3n) is 5.22. The van der Waals surface area contributed by atoms with Crippen LogP contribution in [0.5, 0.6) is 5.75 Å². The van der Waals surface area contributed by atoms with E-state index in [4.69, 9.17) is 4.74 Å². The first-order valence-electron chi connectivity index (χ1n) is 10.5. The Morgan fingerprint density at radius 2 is 1.43 bits per heavy atom. The number of rotatable bonds is 9. The summed E-state index contributed by atoms with van der Waals surface area (Å²) in [5, 5.41) is 0. The second-order valence-corrected chi connectivity index (χ2v) is 7.40. The van der Waals surface area contributed by atoms with Crippen LogP contribution >= 0.6 is 0 Å². The van der Waals surface area contributed by atoms with E-state index in [0.29, 0.717) is 5.92 Å². The SMILES string of the molecule is CCCCOc1ccc(-c2ccc(C(C)c3ccc(CCC)nc3)cc2)cc1. The maximum atomic E-state index is 5.75. The molecule has 0 aliphatic heterocycles. The first kappa shape index (κ1) is 20.1. The van der Waals surface area contributed by atoms with Gasteiger partial charge in [0.05, 0.1) is 6.61 Å². The monoisotopic (exact) mass is 373 g/mol. The molecule has 0 saturated carbocycles. The predicted octanol–water partition coefficient (Wildman–Crippen LogP) is 7.03. The second kappa shape index (κ2) is 10.1. The normalized spacial score (nSPS) is 12.0. The predicted molar refractivity (Wildman–Crippen MR) is 118 cm³/mol. The van der Waals surface area contributed by atoms with E-state index in [1.165, 1.54) is 27.9 Å². The van der Waals surface area contributed by atoms with Gasteiger partial charge in [-0.25, -0.2) is 0 Å². The summed E-state index contributed by atoms with van der Waals surface area (Å²) in [5.74, 6) is 1.29. The molecule has 146 valence electrons. The van der Waals surface area contributed by atoms with Gasteiger partial charge < -0.3 is 4.74 Å². The zero-order valence-corrected chi connectivity index (χ0v) is 17.3. The van der Waals surface area contributed by atoms with Gasteiger partial charge in [-0.05, 0) is 53.3 Å². The fraction of sp³-hybridized carbons (Fsp3) is 0.346. The van der Waals surface area contributed by atoms with Crippen molar-refractivity contribution in [3.63, 3.8) is 0 Å². The molecule has 0 aliphatic rings. The first-order valence-corrected chi connectivity index (χ1v) is 10.5. The summed E-state index contributed by atoms with van der Waals surface area (Å²) in [6.07, 6.45) is 6.46. The van der Waals surface area contributed by atoms with Crippen LogP contribution in [0.25, 0.3) is 11.1 Å². The van der Waals surface area contributed by atoms with Crippen molar-refractivity contribution >= 4 is 0 Å². The van der Waals surface area contributed by atoms with Crippen molar-refractivity contribution in [2.24, 2.45) is 0 Å². The zero-order valence-electron chi connectivity index (χ0n) is 17.3. The lowest BCUT2D eigenvalue weighted by Gasteiger charge is -2.14. The Kier molecular flexibility index (Phi) is 7.25. The van der Waals surface area contributed by atoms with E-state index < -0.39 is 0 Å². The highest BCUT2D eigenvalue weighted by molar-refractivity contribution is 5.64. The fourth-order valence-electron chi connectivity index (χ4n) is 3.33. The molecule has 2 heteroatoms. The highest BCUT2D eigenvalue weighted by Gasteiger charge is 2.09. The third-order valence-corrected chi connectivity index (χ3v) is 5.22. The molecule has 2 aromatic carbocycles. The standard InChI is InChI=1S/C26H31NO/c1-4-6-18-28-26-16-13-23(14-17-26)22-10-8-21(9-11-22)20(3)24-12-15-25(7-5-2)27-19-24/h8-17,19-20H,4-7,18H2,1-3H3. The van der Waals surface area contributed by atoms with Crippen molar-refractivity contribution in [1.29, 1.82) is 0 Å². The summed E-state index contributed by atoms with van der Waals surface area (Å²) in [5.41, 5.74) is 6.20. The Labute approximate surface area is 169 Å². The minimum Gasteiger partial charge on any atom is -0.494 e. The van der Waals surface area contributed by atoms with Crippen LogP contribution in [0.3, 0.4) is 0 Å². The number of aryl methyl sites for hydroxylation is 1. The average Bonchev–Trinajstić information content (AvgIpc) is 2.75. The van der Waals surface area contributed by atoms with Crippen LogP contribution in [0.2, 0.25) is 0 Å². The van der Waals surface area contributed by atoms with Gasteiger partial charge in [-0.15, -0.1) is 0 Å². The fourth-order valence-corrected chi connectivity index (χ4v) is 3.33. The highest BCUT2D eigenvalue weighted by atomic mass is 16.5. The molecule has 0 N–H and O–H groups in total. The van der Waals surface area contributed by atoms with E-state index in [1.54, 1.807) is 0 Å². The molecular formula is C26H31NO. The summed E-state index contributed by atoms with van der Waals surface area (Å²) in [6, 6.07) is 21.6. The smallest absolute Gasteiger partial charge is 0.119 e. The number of ether oxygens (including phenoxy) is 1. The van der Waals surface area contributed by atoms with Crippen LogP contribution in [0.15, 0.2) is 66.9 Å². The number of nitrogens with zero attached hydrogens (tertiary/aromatic N) is 1. The molecule has 0 aliphatic carbocycles. The lowest BCUT2D eigenvalue weighted by atomic mass is 9.92. The topological polar surface area (TPSA) is 22.1 Å². The molecule has 0 radical (unpaired) electrons. The molecule has 0 fully saturated rings. The number of benzene rings is 2. The lowest BCUT2D eigenvalue weighted by molar-refractivity contribution is 0.309. The molecule has 1 heterocycles. The Morgan fingerprint density at radius 1 is 0.786 bits per heavy atom. The molecule has 0 amide bonds. The summed E-state index contributed by atoms with van der Waals surface area (Å²) in [6.45, 7) is 7.40. The van der Waals surface area contributed by atoms with E-state index in [0.717, 1.165) is 38.0 Å². The van der Waals surface area contributed by atoms with E-state index in [-0.39, 0.29) is 0 Å². The van der Waals surface area contributed by atoms with Gasteiger partial charge in [-0.2, -0.15) is 0 Å². The molecular weight excluding hydrogens is 342 g/mol. The van der Waals surface area contributed by atoms with E-state index >= 15 is 0 Å². The zero-order chi connectivity index (χ0) is 19.8. The number of unbranched alkanes of at least 4 members (excludes halogenated alkanes) is 1. The Morgan fingerprint density at radius 3 is 2.00 bits per heavy atom. The van der Waals surface area contributed by atoms with Crippen molar-refractivity contribution in [1.82, 2.24) is 4.98 Å². The molecule has 0 saturated heterocycles. The van der Waals surface area contributed by atoms with Gasteiger partial charge in [0.15, 0.2) is 0 Å². The van der Waals surface area contributed by atoms with Crippen LogP contribution < -0.4 is 4.74 Å². The van der Waals surface area contributed by atoms with Crippen LogP contribution in [-0.2, 0) is 6.42 Å². The molecule has 1 aromatic heterocycles. The van der Waals surface area contributed by atoms with Crippen LogP contribution in [0.4, 0.5) is 0 Å². The van der Waals surface area contributed by atoms with E-state index in [9.17, 15) is 0 Å². The maximum Gasteiger partial charge on any atom is 0.119 e. The molecule has 0 spiro atoms. The Bertz CT molecular complexity index is 835. The van der Waals surface area contributed by atoms with Crippen molar-refractivity contribution in [3.05, 3.63) is 83.7 Å². The molecule has 0 bridgehead atoms. The largest absolute Gasteiger partial charge is 0.494 e. The third kappa shape index (κ3) is 5.22. The first-order chi connectivity index (χ1) is 13.7. The summed E-state index contributed by atoms with van der Waals surface area (Å²) >= 11 is 0. The van der Waals surface area contributed by atoms with Crippen molar-refractivity contribution in [2.75, 3.05) is 6.61 Å². The van der Waals surface area contributed by atoms with Gasteiger partial charge in [0.1, 0.15) is 5.75 Å². The van der Waals surface area contributed by atoms with Gasteiger partial charge >= 0.3 is 0 Å². The Balaban J connectivity index is 1.67. The molecule has 1 atom stereocenters. The number of pyridine rings is 1. The second-order valence-electron chi connectivity index (χ2n) is 7.40. The van der Waals surface area contributed by atoms with Crippen molar-refractivity contribution < 1.29 is 4.74 Å². The van der Waals surface area contributed by atoms with Crippen LogP contribution in [0.1, 0.15) is 62.8 Å². The van der Waals surface area contributed by atoms with Gasteiger partial charge in [0.2, 0.25) is 0 Å². The van der Waals surface area contributed by atoms with Gasteiger partial charge in [0, 0.05) is 17.8 Å². The summed E-state index contributed by atoms with van der Waals surface area (Å²) < 4.78 is 5.75. The van der Waals surface area contributed by atoms with Crippen LogP contribution in [-0.4, -0.2) is 11.6 Å². The highest BCUT2D eigenvalue weighted by Crippen LogP contribution is 2.28. The number of hydrogen-bond acceptors (Lipinski definition) is 2. The average molecular weight is 374 g/mol. The van der Waals surface area contributed by atoms with Gasteiger partial charge in [-0.1, -0.05) is 76.1 Å². The minimum absolute atomic E-state index is 0.339. The van der Waals surface area contributed by atoms with Crippen molar-refractivity contribution in [3.8, 4) is 16.9 Å². The van der Waals surface area contributed by atoms with Gasteiger partial charge in [0.25, 0.3) is 0 Å². The quantitative estimate of drug-likeness (QED) is 0.376. The van der Waals surface area contributed by atoms with E-state index in [2.05, 4.69) is 86.4 Å². The summed E-state index contributed by atoms with van der Waals surface area (Å²) in [4.78, 5) is 4.60. The maximum absolute atomic E-state index is 5.75. The Hall–Kier alpha value is -2.61. The molecule has 3 aromatic rings. The molecule has 1 unspecified atom stereocenters. The molecule has 28 heavy (non-hydrogen) atoms. The van der Waals surface area contributed by atoms with Gasteiger partial charge in [-0.3, -0.25) is 4.98 Å². The molecule has 2 nitrogen and oxygen atoms in total. The number of aromatic nitrogens is 1. The number of hydrogen-bond donors (Lipinski definition) is 0. The van der Waals surface area contributed by atoms with Crippen molar-refractivity contribution in [2.45, 2.75) is 52.4 Å².